The summed E-state index contributed by atoms with van der Waals surface area (Å²) < 4.78 is 5.57. The van der Waals surface area contributed by atoms with Crippen LogP contribution in [0.1, 0.15) is 19.4 Å². The average Bonchev–Trinajstić information content (AvgIpc) is 2.53. The van der Waals surface area contributed by atoms with Crippen LogP contribution >= 0.6 is 11.6 Å². The molecule has 0 saturated heterocycles. The summed E-state index contributed by atoms with van der Waals surface area (Å²) in [6.45, 7) is 4.67. The number of nitrogens with one attached hydrogen (secondary N) is 2. The number of amides is 1. The Morgan fingerprint density at radius 3 is 2.35 bits per heavy atom. The standard InChI is InChI=1S/C18H21ClN2O2/c1-13(2)23-17-9-7-16(8-10-17)20-12-18(22)21-11-14-3-5-15(19)6-4-14/h3-10,13,20H,11-12H2,1-2H3,(H,21,22). The summed E-state index contributed by atoms with van der Waals surface area (Å²) in [5.74, 6) is 0.750. The molecular weight excluding hydrogens is 312 g/mol. The van der Waals surface area contributed by atoms with Crippen molar-refractivity contribution in [2.45, 2.75) is 26.5 Å². The topological polar surface area (TPSA) is 50.4 Å². The Hall–Kier alpha value is -2.20. The van der Waals surface area contributed by atoms with Crippen LogP contribution in [0.25, 0.3) is 0 Å². The van der Waals surface area contributed by atoms with Gasteiger partial charge in [-0.25, -0.2) is 0 Å². The van der Waals surface area contributed by atoms with Gasteiger partial charge in [0.2, 0.25) is 5.91 Å². The Morgan fingerprint density at radius 1 is 1.09 bits per heavy atom. The lowest BCUT2D eigenvalue weighted by Crippen LogP contribution is -2.29. The maximum Gasteiger partial charge on any atom is 0.239 e. The third-order valence-corrected chi connectivity index (χ3v) is 3.33. The largest absolute Gasteiger partial charge is 0.491 e. The number of hydrogen-bond donors (Lipinski definition) is 2. The molecule has 0 atom stereocenters. The second-order valence-corrected chi connectivity index (χ2v) is 5.88. The fraction of sp³-hybridized carbons (Fsp3) is 0.278. The quantitative estimate of drug-likeness (QED) is 0.809. The Balaban J connectivity index is 1.74. The first-order valence-corrected chi connectivity index (χ1v) is 7.92. The molecule has 0 bridgehead atoms. The van der Waals surface area contributed by atoms with E-state index in [1.807, 2.05) is 62.4 Å². The summed E-state index contributed by atoms with van der Waals surface area (Å²) in [6.07, 6.45) is 0.146. The number of carbonyl (C=O) groups is 1. The number of halogens is 1. The third kappa shape index (κ3) is 6.20. The zero-order valence-electron chi connectivity index (χ0n) is 13.3. The van der Waals surface area contributed by atoms with Gasteiger partial charge in [-0.05, 0) is 55.8 Å². The van der Waals surface area contributed by atoms with Crippen molar-refractivity contribution >= 4 is 23.2 Å². The van der Waals surface area contributed by atoms with Crippen molar-refractivity contribution in [3.8, 4) is 5.75 Å². The van der Waals surface area contributed by atoms with E-state index in [0.717, 1.165) is 17.0 Å². The molecule has 2 N–H and O–H groups in total. The molecule has 0 saturated carbocycles. The number of carbonyl (C=O) groups excluding carboxylic acids is 1. The van der Waals surface area contributed by atoms with Crippen molar-refractivity contribution in [1.82, 2.24) is 5.32 Å². The Kier molecular flexibility index (Phi) is 6.29. The van der Waals surface area contributed by atoms with Crippen LogP contribution in [-0.4, -0.2) is 18.6 Å². The van der Waals surface area contributed by atoms with E-state index in [-0.39, 0.29) is 18.6 Å². The molecule has 4 nitrogen and oxygen atoms in total. The summed E-state index contributed by atoms with van der Waals surface area (Å²) in [7, 11) is 0. The normalized spacial score (nSPS) is 10.4. The van der Waals surface area contributed by atoms with Gasteiger partial charge in [0, 0.05) is 17.3 Å². The van der Waals surface area contributed by atoms with Crippen LogP contribution in [0.4, 0.5) is 5.69 Å². The highest BCUT2D eigenvalue weighted by Crippen LogP contribution is 2.16. The molecule has 0 aromatic heterocycles. The van der Waals surface area contributed by atoms with Gasteiger partial charge < -0.3 is 15.4 Å². The first-order valence-electron chi connectivity index (χ1n) is 7.54. The fourth-order valence-corrected chi connectivity index (χ4v) is 2.10. The van der Waals surface area contributed by atoms with E-state index in [1.54, 1.807) is 0 Å². The molecule has 23 heavy (non-hydrogen) atoms. The van der Waals surface area contributed by atoms with Crippen molar-refractivity contribution < 1.29 is 9.53 Å². The van der Waals surface area contributed by atoms with Gasteiger partial charge in [-0.2, -0.15) is 0 Å². The molecule has 0 fully saturated rings. The fourth-order valence-electron chi connectivity index (χ4n) is 1.97. The molecule has 122 valence electrons. The van der Waals surface area contributed by atoms with E-state index in [9.17, 15) is 4.79 Å². The van der Waals surface area contributed by atoms with Crippen LogP contribution in [0.2, 0.25) is 5.02 Å². The van der Waals surface area contributed by atoms with E-state index in [0.29, 0.717) is 11.6 Å². The predicted octanol–water partition coefficient (Wildman–Crippen LogP) is 3.86. The lowest BCUT2D eigenvalue weighted by molar-refractivity contribution is -0.119. The molecule has 5 heteroatoms. The van der Waals surface area contributed by atoms with Gasteiger partial charge in [0.05, 0.1) is 12.6 Å². The molecule has 0 aliphatic carbocycles. The molecule has 2 rings (SSSR count). The number of rotatable bonds is 7. The van der Waals surface area contributed by atoms with Crippen molar-refractivity contribution in [3.05, 3.63) is 59.1 Å². The Morgan fingerprint density at radius 2 is 1.74 bits per heavy atom. The number of benzene rings is 2. The van der Waals surface area contributed by atoms with Crippen molar-refractivity contribution in [2.75, 3.05) is 11.9 Å². The maximum atomic E-state index is 11.8. The molecule has 2 aromatic rings. The summed E-state index contributed by atoms with van der Waals surface area (Å²) in [4.78, 5) is 11.8. The molecule has 0 aliphatic heterocycles. The third-order valence-electron chi connectivity index (χ3n) is 3.08. The van der Waals surface area contributed by atoms with Gasteiger partial charge in [-0.3, -0.25) is 4.79 Å². The van der Waals surface area contributed by atoms with Gasteiger partial charge >= 0.3 is 0 Å². The first kappa shape index (κ1) is 17.2. The molecule has 0 radical (unpaired) electrons. The second kappa shape index (κ2) is 8.44. The second-order valence-electron chi connectivity index (χ2n) is 5.45. The molecule has 0 unspecified atom stereocenters. The van der Waals surface area contributed by atoms with E-state index in [2.05, 4.69) is 10.6 Å². The monoisotopic (exact) mass is 332 g/mol. The van der Waals surface area contributed by atoms with Crippen LogP contribution in [-0.2, 0) is 11.3 Å². The first-order chi connectivity index (χ1) is 11.0. The minimum Gasteiger partial charge on any atom is -0.491 e. The maximum absolute atomic E-state index is 11.8. The minimum atomic E-state index is -0.0672. The molecule has 0 aliphatic rings. The Labute approximate surface area is 141 Å². The van der Waals surface area contributed by atoms with Gasteiger partial charge in [0.25, 0.3) is 0 Å². The summed E-state index contributed by atoms with van der Waals surface area (Å²) in [6, 6.07) is 15.0. The van der Waals surface area contributed by atoms with Crippen LogP contribution in [0.5, 0.6) is 5.75 Å². The van der Waals surface area contributed by atoms with Crippen molar-refractivity contribution in [2.24, 2.45) is 0 Å². The van der Waals surface area contributed by atoms with Crippen LogP contribution in [0.3, 0.4) is 0 Å². The van der Waals surface area contributed by atoms with E-state index in [1.165, 1.54) is 0 Å². The number of anilines is 1. The van der Waals surface area contributed by atoms with E-state index >= 15 is 0 Å². The highest BCUT2D eigenvalue weighted by molar-refractivity contribution is 6.30. The minimum absolute atomic E-state index is 0.0672. The van der Waals surface area contributed by atoms with Gasteiger partial charge in [-0.15, -0.1) is 0 Å². The van der Waals surface area contributed by atoms with Crippen LogP contribution in [0, 0.1) is 0 Å². The smallest absolute Gasteiger partial charge is 0.239 e. The predicted molar refractivity (Wildman–Crippen MR) is 94.0 cm³/mol. The molecule has 0 heterocycles. The highest BCUT2D eigenvalue weighted by atomic mass is 35.5. The van der Waals surface area contributed by atoms with Crippen molar-refractivity contribution in [1.29, 1.82) is 0 Å². The van der Waals surface area contributed by atoms with Gasteiger partial charge in [-0.1, -0.05) is 23.7 Å². The average molecular weight is 333 g/mol. The van der Waals surface area contributed by atoms with Crippen LogP contribution < -0.4 is 15.4 Å². The van der Waals surface area contributed by atoms with E-state index in [4.69, 9.17) is 16.3 Å². The van der Waals surface area contributed by atoms with Crippen LogP contribution in [0.15, 0.2) is 48.5 Å². The Bertz CT molecular complexity index is 624. The zero-order valence-corrected chi connectivity index (χ0v) is 14.1. The van der Waals surface area contributed by atoms with Gasteiger partial charge in [0.15, 0.2) is 0 Å². The SMILES string of the molecule is CC(C)Oc1ccc(NCC(=O)NCc2ccc(Cl)cc2)cc1. The molecular formula is C18H21ClN2O2. The zero-order chi connectivity index (χ0) is 16.7. The lowest BCUT2D eigenvalue weighted by Gasteiger charge is -2.11. The molecule has 1 amide bonds. The summed E-state index contributed by atoms with van der Waals surface area (Å²) in [5.41, 5.74) is 1.89. The summed E-state index contributed by atoms with van der Waals surface area (Å²) in [5, 5.41) is 6.63. The number of ether oxygens (including phenoxy) is 1. The number of hydrogen-bond acceptors (Lipinski definition) is 3. The molecule has 0 spiro atoms. The summed E-state index contributed by atoms with van der Waals surface area (Å²) >= 11 is 5.82. The highest BCUT2D eigenvalue weighted by Gasteiger charge is 2.02. The van der Waals surface area contributed by atoms with Crippen molar-refractivity contribution in [3.63, 3.8) is 0 Å². The molecule has 2 aromatic carbocycles. The van der Waals surface area contributed by atoms with E-state index < -0.39 is 0 Å². The van der Waals surface area contributed by atoms with Gasteiger partial charge in [0.1, 0.15) is 5.75 Å². The lowest BCUT2D eigenvalue weighted by atomic mass is 10.2.